The highest BCUT2D eigenvalue weighted by atomic mass is 35.5. The zero-order chi connectivity index (χ0) is 17.7. The fourth-order valence-electron chi connectivity index (χ4n) is 2.13. The summed E-state index contributed by atoms with van der Waals surface area (Å²) in [4.78, 5) is 22.5. The van der Waals surface area contributed by atoms with Crippen molar-refractivity contribution >= 4 is 35.0 Å². The first kappa shape index (κ1) is 17.5. The number of amides is 1. The van der Waals surface area contributed by atoms with Crippen molar-refractivity contribution in [2.75, 3.05) is 12.4 Å². The van der Waals surface area contributed by atoms with Crippen LogP contribution in [0.1, 0.15) is 11.1 Å². The molecule has 0 saturated heterocycles. The van der Waals surface area contributed by atoms with Gasteiger partial charge in [0.25, 0.3) is 5.69 Å². The highest BCUT2D eigenvalue weighted by Gasteiger charge is 2.14. The van der Waals surface area contributed by atoms with Crippen LogP contribution in [0.15, 0.2) is 42.5 Å². The maximum atomic E-state index is 12.1. The summed E-state index contributed by atoms with van der Waals surface area (Å²) in [7, 11) is 1.52. The maximum Gasteiger partial charge on any atom is 0.274 e. The largest absolute Gasteiger partial charge is 0.496 e. The third kappa shape index (κ3) is 4.11. The van der Waals surface area contributed by atoms with Crippen molar-refractivity contribution in [2.45, 2.75) is 6.92 Å². The maximum absolute atomic E-state index is 12.1. The normalized spacial score (nSPS) is 10.6. The molecule has 0 unspecified atom stereocenters. The van der Waals surface area contributed by atoms with Crippen LogP contribution in [0, 0.1) is 17.0 Å². The third-order valence-electron chi connectivity index (χ3n) is 3.37. The summed E-state index contributed by atoms with van der Waals surface area (Å²) >= 11 is 5.93. The molecule has 1 amide bonds. The van der Waals surface area contributed by atoms with E-state index in [4.69, 9.17) is 16.3 Å². The molecule has 2 aromatic rings. The molecular formula is C17H15ClN2O4. The Hall–Kier alpha value is -2.86. The standard InChI is InChI=1S/C17H15ClN2O4/c1-11-14(4-3-5-15(11)20(22)23)19-17(21)9-6-12-10-13(18)7-8-16(12)24-2/h3-10H,1-2H3,(H,19,21)/b9-6+. The molecular weight excluding hydrogens is 332 g/mol. The van der Waals surface area contributed by atoms with Crippen molar-refractivity contribution in [1.29, 1.82) is 0 Å². The van der Waals surface area contributed by atoms with E-state index in [1.807, 2.05) is 0 Å². The van der Waals surface area contributed by atoms with Gasteiger partial charge in [-0.05, 0) is 37.3 Å². The van der Waals surface area contributed by atoms with Gasteiger partial charge in [0.15, 0.2) is 0 Å². The van der Waals surface area contributed by atoms with Crippen molar-refractivity contribution in [3.63, 3.8) is 0 Å². The first-order valence-corrected chi connectivity index (χ1v) is 7.36. The number of halogens is 1. The predicted molar refractivity (Wildman–Crippen MR) is 93.5 cm³/mol. The number of rotatable bonds is 5. The lowest BCUT2D eigenvalue weighted by molar-refractivity contribution is -0.385. The molecule has 2 aromatic carbocycles. The molecule has 2 rings (SSSR count). The Morgan fingerprint density at radius 1 is 1.33 bits per heavy atom. The molecule has 124 valence electrons. The monoisotopic (exact) mass is 346 g/mol. The van der Waals surface area contributed by atoms with E-state index in [-0.39, 0.29) is 5.69 Å². The van der Waals surface area contributed by atoms with Crippen molar-refractivity contribution in [3.05, 3.63) is 68.7 Å². The topological polar surface area (TPSA) is 81.5 Å². The smallest absolute Gasteiger partial charge is 0.274 e. The summed E-state index contributed by atoms with van der Waals surface area (Å²) < 4.78 is 5.20. The number of nitrogens with zero attached hydrogens (tertiary/aromatic N) is 1. The molecule has 0 aliphatic rings. The number of carbonyl (C=O) groups excluding carboxylic acids is 1. The molecule has 0 spiro atoms. The lowest BCUT2D eigenvalue weighted by Gasteiger charge is -2.07. The lowest BCUT2D eigenvalue weighted by Crippen LogP contribution is -2.09. The molecule has 6 nitrogen and oxygen atoms in total. The molecule has 0 radical (unpaired) electrons. The number of carbonyl (C=O) groups is 1. The van der Waals surface area contributed by atoms with Crippen molar-refractivity contribution < 1.29 is 14.5 Å². The molecule has 0 fully saturated rings. The minimum absolute atomic E-state index is 0.0479. The Morgan fingerprint density at radius 2 is 2.08 bits per heavy atom. The summed E-state index contributed by atoms with van der Waals surface area (Å²) in [5.74, 6) is 0.163. The third-order valence-corrected chi connectivity index (χ3v) is 3.60. The van der Waals surface area contributed by atoms with Crippen molar-refractivity contribution in [2.24, 2.45) is 0 Å². The van der Waals surface area contributed by atoms with Gasteiger partial charge in [0.1, 0.15) is 5.75 Å². The van der Waals surface area contributed by atoms with Crippen LogP contribution in [0.25, 0.3) is 6.08 Å². The second-order valence-corrected chi connectivity index (χ2v) is 5.35. The molecule has 0 saturated carbocycles. The highest BCUT2D eigenvalue weighted by Crippen LogP contribution is 2.26. The second-order valence-electron chi connectivity index (χ2n) is 4.92. The van der Waals surface area contributed by atoms with Crippen LogP contribution in [0.5, 0.6) is 5.75 Å². The van der Waals surface area contributed by atoms with Gasteiger partial charge in [-0.2, -0.15) is 0 Å². The first-order valence-electron chi connectivity index (χ1n) is 6.99. The summed E-state index contributed by atoms with van der Waals surface area (Å²) in [6, 6.07) is 9.56. The number of methoxy groups -OCH3 is 1. The van der Waals surface area contributed by atoms with E-state index in [0.29, 0.717) is 27.6 Å². The Bertz CT molecular complexity index is 818. The number of nitro groups is 1. The van der Waals surface area contributed by atoms with Crippen LogP contribution in [0.2, 0.25) is 5.02 Å². The van der Waals surface area contributed by atoms with Gasteiger partial charge in [-0.3, -0.25) is 14.9 Å². The van der Waals surface area contributed by atoms with E-state index in [2.05, 4.69) is 5.32 Å². The van der Waals surface area contributed by atoms with Gasteiger partial charge in [-0.15, -0.1) is 0 Å². The molecule has 0 aromatic heterocycles. The highest BCUT2D eigenvalue weighted by molar-refractivity contribution is 6.30. The average molecular weight is 347 g/mol. The van der Waals surface area contributed by atoms with Crippen LogP contribution in [-0.4, -0.2) is 17.9 Å². The van der Waals surface area contributed by atoms with Gasteiger partial charge in [0.2, 0.25) is 5.91 Å². The number of hydrogen-bond donors (Lipinski definition) is 1. The van der Waals surface area contributed by atoms with Crippen LogP contribution in [0.4, 0.5) is 11.4 Å². The van der Waals surface area contributed by atoms with Gasteiger partial charge in [0, 0.05) is 22.7 Å². The first-order chi connectivity index (χ1) is 11.4. The SMILES string of the molecule is COc1ccc(Cl)cc1/C=C/C(=O)Nc1cccc([N+](=O)[O-])c1C. The molecule has 24 heavy (non-hydrogen) atoms. The molecule has 0 heterocycles. The van der Waals surface area contributed by atoms with Gasteiger partial charge < -0.3 is 10.1 Å². The summed E-state index contributed by atoms with van der Waals surface area (Å²) in [6.45, 7) is 1.58. The van der Waals surface area contributed by atoms with E-state index < -0.39 is 10.8 Å². The Balaban J connectivity index is 2.19. The van der Waals surface area contributed by atoms with E-state index in [1.165, 1.54) is 25.3 Å². The minimum atomic E-state index is -0.488. The van der Waals surface area contributed by atoms with Gasteiger partial charge >= 0.3 is 0 Å². The molecule has 7 heteroatoms. The summed E-state index contributed by atoms with van der Waals surface area (Å²) in [5.41, 5.74) is 1.38. The Kier molecular flexibility index (Phi) is 5.55. The number of nitro benzene ring substituents is 1. The van der Waals surface area contributed by atoms with Crippen LogP contribution >= 0.6 is 11.6 Å². The lowest BCUT2D eigenvalue weighted by atomic mass is 10.1. The van der Waals surface area contributed by atoms with E-state index in [9.17, 15) is 14.9 Å². The van der Waals surface area contributed by atoms with Crippen LogP contribution in [0.3, 0.4) is 0 Å². The van der Waals surface area contributed by atoms with Crippen LogP contribution in [-0.2, 0) is 4.79 Å². The van der Waals surface area contributed by atoms with Gasteiger partial charge in [-0.25, -0.2) is 0 Å². The summed E-state index contributed by atoms with van der Waals surface area (Å²) in [5, 5.41) is 14.1. The van der Waals surface area contributed by atoms with Crippen molar-refractivity contribution in [1.82, 2.24) is 0 Å². The number of anilines is 1. The minimum Gasteiger partial charge on any atom is -0.496 e. The fourth-order valence-corrected chi connectivity index (χ4v) is 2.31. The zero-order valence-corrected chi connectivity index (χ0v) is 13.8. The predicted octanol–water partition coefficient (Wildman–Crippen LogP) is 4.22. The fraction of sp³-hybridized carbons (Fsp3) is 0.118. The van der Waals surface area contributed by atoms with Gasteiger partial charge in [0.05, 0.1) is 23.3 Å². The summed E-state index contributed by atoms with van der Waals surface area (Å²) in [6.07, 6.45) is 2.87. The number of nitrogens with one attached hydrogen (secondary N) is 1. The van der Waals surface area contributed by atoms with Crippen LogP contribution < -0.4 is 10.1 Å². The van der Waals surface area contributed by atoms with E-state index >= 15 is 0 Å². The number of hydrogen-bond acceptors (Lipinski definition) is 4. The molecule has 1 N–H and O–H groups in total. The second kappa shape index (κ2) is 7.61. The number of ether oxygens (including phenoxy) is 1. The molecule has 0 atom stereocenters. The molecule has 0 bridgehead atoms. The van der Waals surface area contributed by atoms with E-state index in [1.54, 1.807) is 37.3 Å². The number of benzene rings is 2. The zero-order valence-electron chi connectivity index (χ0n) is 13.1. The Labute approximate surface area is 143 Å². The van der Waals surface area contributed by atoms with E-state index in [0.717, 1.165) is 0 Å². The average Bonchev–Trinajstić information content (AvgIpc) is 2.54. The molecule has 0 aliphatic heterocycles. The molecule has 0 aliphatic carbocycles. The Morgan fingerprint density at radius 3 is 2.75 bits per heavy atom. The quantitative estimate of drug-likeness (QED) is 0.499. The van der Waals surface area contributed by atoms with Gasteiger partial charge in [-0.1, -0.05) is 17.7 Å². The van der Waals surface area contributed by atoms with Crippen molar-refractivity contribution in [3.8, 4) is 5.75 Å².